The number of carbonyl (C=O) groups is 1. The fraction of sp³-hybridized carbons (Fsp3) is 0.364. The second-order valence-corrected chi connectivity index (χ2v) is 7.86. The molecule has 0 aliphatic carbocycles. The molecule has 0 saturated heterocycles. The van der Waals surface area contributed by atoms with Gasteiger partial charge in [0.2, 0.25) is 0 Å². The first-order valence-corrected chi connectivity index (χ1v) is 8.70. The van der Waals surface area contributed by atoms with E-state index in [9.17, 15) is 13.2 Å². The van der Waals surface area contributed by atoms with Crippen molar-refractivity contribution < 1.29 is 13.2 Å². The lowest BCUT2D eigenvalue weighted by Gasteiger charge is -2.07. The number of sulfone groups is 1. The van der Waals surface area contributed by atoms with Crippen LogP contribution in [0.2, 0.25) is 0 Å². The first-order chi connectivity index (χ1) is 8.35. The maximum absolute atomic E-state index is 11.8. The molecule has 1 aromatic rings. The molecule has 0 aliphatic heterocycles. The summed E-state index contributed by atoms with van der Waals surface area (Å²) in [6.45, 7) is 1.71. The Morgan fingerprint density at radius 3 is 2.56 bits per heavy atom. The van der Waals surface area contributed by atoms with Crippen LogP contribution in [0.25, 0.3) is 0 Å². The lowest BCUT2D eigenvalue weighted by molar-refractivity contribution is 0.0955. The molecular weight excluding hydrogens is 386 g/mol. The fourth-order valence-corrected chi connectivity index (χ4v) is 3.16. The van der Waals surface area contributed by atoms with Crippen molar-refractivity contribution in [3.8, 4) is 0 Å². The average molecular weight is 399 g/mol. The molecule has 0 atom stereocenters. The van der Waals surface area contributed by atoms with Crippen molar-refractivity contribution in [1.82, 2.24) is 5.32 Å². The van der Waals surface area contributed by atoms with Crippen molar-refractivity contribution in [3.05, 3.63) is 32.7 Å². The van der Waals surface area contributed by atoms with Crippen LogP contribution in [0, 0.1) is 0 Å². The first kappa shape index (κ1) is 15.7. The van der Waals surface area contributed by atoms with Gasteiger partial charge >= 0.3 is 0 Å². The van der Waals surface area contributed by atoms with Crippen LogP contribution in [-0.4, -0.2) is 32.4 Å². The zero-order valence-corrected chi connectivity index (χ0v) is 13.7. The second-order valence-electron chi connectivity index (χ2n) is 3.62. The van der Waals surface area contributed by atoms with Crippen molar-refractivity contribution in [2.75, 3.05) is 18.1 Å². The Hall–Kier alpha value is -0.400. The summed E-state index contributed by atoms with van der Waals surface area (Å²) in [7, 11) is -3.05. The summed E-state index contributed by atoms with van der Waals surface area (Å²) in [5.74, 6) is -0.241. The summed E-state index contributed by atoms with van der Waals surface area (Å²) < 4.78 is 24.0. The van der Waals surface area contributed by atoms with Crippen molar-refractivity contribution in [2.24, 2.45) is 0 Å². The molecule has 0 spiro atoms. The summed E-state index contributed by atoms with van der Waals surface area (Å²) in [6.07, 6.45) is 0. The lowest BCUT2D eigenvalue weighted by atomic mass is 10.2. The molecule has 1 amide bonds. The highest BCUT2D eigenvalue weighted by molar-refractivity contribution is 9.11. The Balaban J connectivity index is 2.61. The maximum atomic E-state index is 11.8. The zero-order valence-electron chi connectivity index (χ0n) is 9.74. The van der Waals surface area contributed by atoms with Gasteiger partial charge in [-0.25, -0.2) is 8.42 Å². The van der Waals surface area contributed by atoms with E-state index in [1.807, 2.05) is 0 Å². The fourth-order valence-electron chi connectivity index (χ4n) is 1.23. The van der Waals surface area contributed by atoms with E-state index in [1.165, 1.54) is 0 Å². The normalized spacial score (nSPS) is 11.3. The Kier molecular flexibility index (Phi) is 5.81. The van der Waals surface area contributed by atoms with Crippen LogP contribution in [0.1, 0.15) is 17.3 Å². The van der Waals surface area contributed by atoms with Crippen LogP contribution in [0.4, 0.5) is 0 Å². The van der Waals surface area contributed by atoms with Crippen molar-refractivity contribution in [2.45, 2.75) is 6.92 Å². The summed E-state index contributed by atoms with van der Waals surface area (Å²) in [4.78, 5) is 11.8. The molecule has 0 radical (unpaired) electrons. The molecule has 18 heavy (non-hydrogen) atoms. The van der Waals surface area contributed by atoms with Gasteiger partial charge in [0.15, 0.2) is 9.84 Å². The van der Waals surface area contributed by atoms with Crippen molar-refractivity contribution in [3.63, 3.8) is 0 Å². The molecule has 100 valence electrons. The predicted octanol–water partition coefficient (Wildman–Crippen LogP) is 2.38. The van der Waals surface area contributed by atoms with E-state index in [0.29, 0.717) is 10.0 Å². The van der Waals surface area contributed by atoms with E-state index in [-0.39, 0.29) is 24.0 Å². The van der Waals surface area contributed by atoms with Gasteiger partial charge in [-0.05, 0) is 34.1 Å². The number of benzene rings is 1. The Morgan fingerprint density at radius 2 is 2.00 bits per heavy atom. The molecule has 0 aliphatic rings. The minimum atomic E-state index is -3.05. The number of hydrogen-bond acceptors (Lipinski definition) is 3. The quantitative estimate of drug-likeness (QED) is 0.828. The van der Waals surface area contributed by atoms with Crippen molar-refractivity contribution in [1.29, 1.82) is 0 Å². The van der Waals surface area contributed by atoms with Crippen LogP contribution in [0.5, 0.6) is 0 Å². The molecule has 0 bridgehead atoms. The number of nitrogens with one attached hydrogen (secondary N) is 1. The third-order valence-corrected chi connectivity index (χ3v) is 5.17. The van der Waals surface area contributed by atoms with Crippen LogP contribution in [0.15, 0.2) is 27.1 Å². The number of hydrogen-bond donors (Lipinski definition) is 1. The highest BCUT2D eigenvalue weighted by Gasteiger charge is 2.12. The van der Waals surface area contributed by atoms with E-state index in [2.05, 4.69) is 37.2 Å². The lowest BCUT2D eigenvalue weighted by Crippen LogP contribution is -2.29. The van der Waals surface area contributed by atoms with Gasteiger partial charge in [-0.15, -0.1) is 0 Å². The highest BCUT2D eigenvalue weighted by atomic mass is 79.9. The molecule has 1 N–H and O–H groups in total. The molecule has 1 rings (SSSR count). The molecule has 4 nitrogen and oxygen atoms in total. The molecule has 1 aromatic carbocycles. The van der Waals surface area contributed by atoms with Crippen LogP contribution >= 0.6 is 31.9 Å². The van der Waals surface area contributed by atoms with Gasteiger partial charge in [0, 0.05) is 21.2 Å². The summed E-state index contributed by atoms with van der Waals surface area (Å²) in [5.41, 5.74) is 0.479. The zero-order chi connectivity index (χ0) is 13.8. The third kappa shape index (κ3) is 4.70. The smallest absolute Gasteiger partial charge is 0.252 e. The first-order valence-electron chi connectivity index (χ1n) is 5.29. The molecule has 7 heteroatoms. The molecule has 0 saturated carbocycles. The van der Waals surface area contributed by atoms with E-state index in [1.54, 1.807) is 25.1 Å². The van der Waals surface area contributed by atoms with Gasteiger partial charge in [0.05, 0.1) is 11.3 Å². The predicted molar refractivity (Wildman–Crippen MR) is 78.5 cm³/mol. The van der Waals surface area contributed by atoms with Crippen LogP contribution in [0.3, 0.4) is 0 Å². The van der Waals surface area contributed by atoms with E-state index >= 15 is 0 Å². The minimum absolute atomic E-state index is 0.0383. The number of amides is 1. The summed E-state index contributed by atoms with van der Waals surface area (Å²) in [5, 5.41) is 2.59. The Morgan fingerprint density at radius 1 is 1.33 bits per heavy atom. The SMILES string of the molecule is CCS(=O)(=O)CCNC(=O)c1ccc(Br)cc1Br. The molecule has 0 heterocycles. The van der Waals surface area contributed by atoms with Gasteiger partial charge in [0.25, 0.3) is 5.91 Å². The topological polar surface area (TPSA) is 63.2 Å². The third-order valence-electron chi connectivity index (χ3n) is 2.31. The van der Waals surface area contributed by atoms with E-state index < -0.39 is 9.84 Å². The van der Waals surface area contributed by atoms with Gasteiger partial charge in [0.1, 0.15) is 0 Å². The summed E-state index contributed by atoms with van der Waals surface area (Å²) >= 11 is 6.58. The minimum Gasteiger partial charge on any atom is -0.351 e. The van der Waals surface area contributed by atoms with Gasteiger partial charge in [-0.1, -0.05) is 22.9 Å². The van der Waals surface area contributed by atoms with Gasteiger partial charge < -0.3 is 5.32 Å². The standard InChI is InChI=1S/C11H13Br2NO3S/c1-2-18(16,17)6-5-14-11(15)9-4-3-8(12)7-10(9)13/h3-4,7H,2,5-6H2,1H3,(H,14,15). The molecule has 0 unspecified atom stereocenters. The maximum Gasteiger partial charge on any atom is 0.252 e. The molecule has 0 aromatic heterocycles. The molecule has 0 fully saturated rings. The number of carbonyl (C=O) groups excluding carboxylic acids is 1. The van der Waals surface area contributed by atoms with Crippen LogP contribution in [-0.2, 0) is 9.84 Å². The monoisotopic (exact) mass is 397 g/mol. The highest BCUT2D eigenvalue weighted by Crippen LogP contribution is 2.21. The average Bonchev–Trinajstić information content (AvgIpc) is 2.28. The van der Waals surface area contributed by atoms with Crippen molar-refractivity contribution >= 4 is 47.6 Å². The van der Waals surface area contributed by atoms with Gasteiger partial charge in [-0.3, -0.25) is 4.79 Å². The van der Waals surface area contributed by atoms with E-state index in [0.717, 1.165) is 4.47 Å². The Labute approximate surface area is 123 Å². The second kappa shape index (κ2) is 6.68. The summed E-state index contributed by atoms with van der Waals surface area (Å²) in [6, 6.07) is 5.18. The largest absolute Gasteiger partial charge is 0.351 e. The van der Waals surface area contributed by atoms with Crippen LogP contribution < -0.4 is 5.32 Å². The number of halogens is 2. The number of rotatable bonds is 5. The molecular formula is C11H13Br2NO3S. The van der Waals surface area contributed by atoms with Gasteiger partial charge in [-0.2, -0.15) is 0 Å². The Bertz CT molecular complexity index is 543. The van der Waals surface area contributed by atoms with E-state index in [4.69, 9.17) is 0 Å².